The van der Waals surface area contributed by atoms with Gasteiger partial charge >= 0.3 is 0 Å². The van der Waals surface area contributed by atoms with Gasteiger partial charge in [-0.1, -0.05) is 27.5 Å². The summed E-state index contributed by atoms with van der Waals surface area (Å²) < 4.78 is 6.13. The van der Waals surface area contributed by atoms with E-state index in [0.717, 1.165) is 10.0 Å². The smallest absolute Gasteiger partial charge is 0.208 e. The summed E-state index contributed by atoms with van der Waals surface area (Å²) >= 11 is 10.7. The van der Waals surface area contributed by atoms with Crippen molar-refractivity contribution < 1.29 is 9.53 Å². The molecule has 0 aliphatic heterocycles. The van der Waals surface area contributed by atoms with Crippen molar-refractivity contribution in [3.8, 4) is 5.75 Å². The Morgan fingerprint density at radius 2 is 2.17 bits per heavy atom. The minimum absolute atomic E-state index is 0.118. The lowest BCUT2D eigenvalue weighted by Crippen LogP contribution is -2.03. The first kappa shape index (κ1) is 13.6. The number of halogens is 2. The Kier molecular flexibility index (Phi) is 4.10. The van der Waals surface area contributed by atoms with Crippen LogP contribution in [0.25, 0.3) is 0 Å². The van der Waals surface area contributed by atoms with E-state index in [2.05, 4.69) is 15.9 Å². The SMILES string of the molecule is COc1cc(C)c(Br)cc1C(=O)c1sccc1Cl. The van der Waals surface area contributed by atoms with Crippen LogP contribution in [0.5, 0.6) is 5.75 Å². The summed E-state index contributed by atoms with van der Waals surface area (Å²) in [6.07, 6.45) is 0. The van der Waals surface area contributed by atoms with Crippen molar-refractivity contribution in [2.24, 2.45) is 0 Å². The van der Waals surface area contributed by atoms with Crippen LogP contribution in [-0.4, -0.2) is 12.9 Å². The van der Waals surface area contributed by atoms with E-state index in [-0.39, 0.29) is 5.78 Å². The van der Waals surface area contributed by atoms with Gasteiger partial charge in [-0.2, -0.15) is 0 Å². The van der Waals surface area contributed by atoms with Gasteiger partial charge in [0.05, 0.1) is 22.6 Å². The molecular formula is C13H10BrClO2S. The molecule has 0 atom stereocenters. The van der Waals surface area contributed by atoms with Crippen molar-refractivity contribution >= 4 is 44.7 Å². The normalized spacial score (nSPS) is 10.4. The molecule has 18 heavy (non-hydrogen) atoms. The van der Waals surface area contributed by atoms with E-state index < -0.39 is 0 Å². The summed E-state index contributed by atoms with van der Waals surface area (Å²) in [5.41, 5.74) is 1.53. The molecule has 1 heterocycles. The zero-order chi connectivity index (χ0) is 13.3. The van der Waals surface area contributed by atoms with Crippen molar-refractivity contribution in [3.63, 3.8) is 0 Å². The highest BCUT2D eigenvalue weighted by molar-refractivity contribution is 9.10. The number of hydrogen-bond donors (Lipinski definition) is 0. The van der Waals surface area contributed by atoms with Crippen molar-refractivity contribution in [1.82, 2.24) is 0 Å². The number of carbonyl (C=O) groups excluding carboxylic acids is 1. The number of ketones is 1. The summed E-state index contributed by atoms with van der Waals surface area (Å²) in [6.45, 7) is 1.94. The predicted octanol–water partition coefficient (Wildman–Crippen LogP) is 4.71. The number of methoxy groups -OCH3 is 1. The van der Waals surface area contributed by atoms with Crippen molar-refractivity contribution in [1.29, 1.82) is 0 Å². The van der Waals surface area contributed by atoms with Gasteiger partial charge in [0, 0.05) is 4.47 Å². The highest BCUT2D eigenvalue weighted by atomic mass is 79.9. The second-order valence-electron chi connectivity index (χ2n) is 3.73. The van der Waals surface area contributed by atoms with E-state index in [1.807, 2.05) is 13.0 Å². The maximum Gasteiger partial charge on any atom is 0.208 e. The van der Waals surface area contributed by atoms with E-state index in [1.54, 1.807) is 24.6 Å². The van der Waals surface area contributed by atoms with E-state index in [9.17, 15) is 4.79 Å². The number of benzene rings is 1. The molecule has 0 N–H and O–H groups in total. The van der Waals surface area contributed by atoms with Crippen LogP contribution >= 0.6 is 38.9 Å². The molecule has 0 spiro atoms. The average molecular weight is 346 g/mol. The van der Waals surface area contributed by atoms with Gasteiger partial charge in [0.1, 0.15) is 5.75 Å². The second-order valence-corrected chi connectivity index (χ2v) is 5.91. The summed E-state index contributed by atoms with van der Waals surface area (Å²) in [5.74, 6) is 0.442. The van der Waals surface area contributed by atoms with Crippen molar-refractivity contribution in [2.45, 2.75) is 6.92 Å². The highest BCUT2D eigenvalue weighted by Gasteiger charge is 2.19. The molecule has 0 amide bonds. The van der Waals surface area contributed by atoms with Gasteiger partial charge in [-0.05, 0) is 36.1 Å². The van der Waals surface area contributed by atoms with Gasteiger partial charge in [0.25, 0.3) is 0 Å². The van der Waals surface area contributed by atoms with Gasteiger partial charge in [-0.25, -0.2) is 0 Å². The van der Waals surface area contributed by atoms with Gasteiger partial charge in [-0.15, -0.1) is 11.3 Å². The zero-order valence-electron chi connectivity index (χ0n) is 9.79. The summed E-state index contributed by atoms with van der Waals surface area (Å²) in [7, 11) is 1.55. The number of thiophene rings is 1. The number of rotatable bonds is 3. The number of aryl methyl sites for hydroxylation is 1. The monoisotopic (exact) mass is 344 g/mol. The van der Waals surface area contributed by atoms with Crippen LogP contribution in [0.1, 0.15) is 20.8 Å². The van der Waals surface area contributed by atoms with Gasteiger partial charge < -0.3 is 4.74 Å². The fraction of sp³-hybridized carbons (Fsp3) is 0.154. The molecule has 94 valence electrons. The third kappa shape index (κ3) is 2.46. The maximum absolute atomic E-state index is 12.4. The third-order valence-corrected chi connectivity index (χ3v) is 4.74. The van der Waals surface area contributed by atoms with Gasteiger partial charge in [-0.3, -0.25) is 4.79 Å². The van der Waals surface area contributed by atoms with Crippen LogP contribution in [-0.2, 0) is 0 Å². The van der Waals surface area contributed by atoms with Crippen LogP contribution in [0.3, 0.4) is 0 Å². The largest absolute Gasteiger partial charge is 0.496 e. The van der Waals surface area contributed by atoms with Crippen LogP contribution in [0.15, 0.2) is 28.1 Å². The Balaban J connectivity index is 2.54. The fourth-order valence-electron chi connectivity index (χ4n) is 1.58. The average Bonchev–Trinajstić information content (AvgIpc) is 2.77. The lowest BCUT2D eigenvalue weighted by Gasteiger charge is -2.09. The molecule has 5 heteroatoms. The summed E-state index contributed by atoms with van der Waals surface area (Å²) in [4.78, 5) is 12.9. The maximum atomic E-state index is 12.4. The highest BCUT2D eigenvalue weighted by Crippen LogP contribution is 2.32. The quantitative estimate of drug-likeness (QED) is 0.753. The molecule has 0 aliphatic carbocycles. The van der Waals surface area contributed by atoms with Crippen LogP contribution in [0.2, 0.25) is 5.02 Å². The number of carbonyl (C=O) groups is 1. The standard InChI is InChI=1S/C13H10BrClO2S/c1-7-5-11(17-2)8(6-9(7)14)12(16)13-10(15)3-4-18-13/h3-6H,1-2H3. The van der Waals surface area contributed by atoms with Crippen molar-refractivity contribution in [2.75, 3.05) is 7.11 Å². The first-order chi connectivity index (χ1) is 8.54. The lowest BCUT2D eigenvalue weighted by molar-refractivity contribution is 0.103. The number of ether oxygens (including phenoxy) is 1. The molecular weight excluding hydrogens is 336 g/mol. The Morgan fingerprint density at radius 1 is 1.44 bits per heavy atom. The second kappa shape index (κ2) is 5.43. The van der Waals surface area contributed by atoms with Crippen LogP contribution < -0.4 is 4.74 Å². The van der Waals surface area contributed by atoms with E-state index in [4.69, 9.17) is 16.3 Å². The Hall–Kier alpha value is -0.840. The first-order valence-corrected chi connectivity index (χ1v) is 7.21. The molecule has 0 radical (unpaired) electrons. The molecule has 0 aliphatic rings. The summed E-state index contributed by atoms with van der Waals surface area (Å²) in [5, 5.41) is 2.27. The van der Waals surface area contributed by atoms with E-state index in [1.165, 1.54) is 11.3 Å². The van der Waals surface area contributed by atoms with Crippen LogP contribution in [0.4, 0.5) is 0 Å². The van der Waals surface area contributed by atoms with Gasteiger partial charge in [0.2, 0.25) is 5.78 Å². The fourth-order valence-corrected chi connectivity index (χ4v) is 3.02. The molecule has 0 unspecified atom stereocenters. The minimum atomic E-state index is -0.118. The Labute approximate surface area is 123 Å². The molecule has 0 saturated carbocycles. The molecule has 0 bridgehead atoms. The summed E-state index contributed by atoms with van der Waals surface area (Å²) in [6, 6.07) is 5.32. The predicted molar refractivity (Wildman–Crippen MR) is 78.2 cm³/mol. The van der Waals surface area contributed by atoms with Crippen molar-refractivity contribution in [3.05, 3.63) is 49.1 Å². The minimum Gasteiger partial charge on any atom is -0.496 e. The van der Waals surface area contributed by atoms with Gasteiger partial charge in [0.15, 0.2) is 0 Å². The molecule has 0 saturated heterocycles. The molecule has 0 fully saturated rings. The molecule has 2 nitrogen and oxygen atoms in total. The molecule has 2 rings (SSSR count). The first-order valence-electron chi connectivity index (χ1n) is 5.16. The Morgan fingerprint density at radius 3 is 2.72 bits per heavy atom. The van der Waals surface area contributed by atoms with E-state index in [0.29, 0.717) is 21.2 Å². The lowest BCUT2D eigenvalue weighted by atomic mass is 10.1. The number of hydrogen-bond acceptors (Lipinski definition) is 3. The topological polar surface area (TPSA) is 26.3 Å². The molecule has 1 aromatic heterocycles. The van der Waals surface area contributed by atoms with Crippen LogP contribution in [0, 0.1) is 6.92 Å². The zero-order valence-corrected chi connectivity index (χ0v) is 12.9. The van der Waals surface area contributed by atoms with E-state index >= 15 is 0 Å². The third-order valence-electron chi connectivity index (χ3n) is 2.55. The molecule has 2 aromatic rings. The Bertz CT molecular complexity index is 607. The molecule has 1 aromatic carbocycles.